The Hall–Kier alpha value is -1.26. The van der Waals surface area contributed by atoms with Crippen LogP contribution in [0.25, 0.3) is 0 Å². The lowest BCUT2D eigenvalue weighted by Crippen LogP contribution is -2.39. The fraction of sp³-hybridized carbons (Fsp3) is 0.444. The number of hydrogen-bond donors (Lipinski definition) is 1. The molecule has 7 heteroatoms. The van der Waals surface area contributed by atoms with E-state index in [4.69, 9.17) is 11.0 Å². The van der Waals surface area contributed by atoms with Crippen LogP contribution in [-0.4, -0.2) is 33.0 Å². The lowest BCUT2D eigenvalue weighted by atomic mass is 10.4. The Labute approximate surface area is 98.0 Å². The molecule has 1 saturated heterocycles. The number of hydrogen-bond acceptors (Lipinski definition) is 6. The van der Waals surface area contributed by atoms with Gasteiger partial charge < -0.3 is 10.6 Å². The summed E-state index contributed by atoms with van der Waals surface area (Å²) in [6.45, 7) is 0.959. The van der Waals surface area contributed by atoms with Crippen molar-refractivity contribution in [3.63, 3.8) is 0 Å². The molecule has 1 fully saturated rings. The molecule has 1 aromatic rings. The molecule has 1 aliphatic rings. The predicted octanol–water partition coefficient (Wildman–Crippen LogP) is 0.437. The fourth-order valence-electron chi connectivity index (χ4n) is 1.57. The predicted molar refractivity (Wildman–Crippen MR) is 64.3 cm³/mol. The number of nitrogen functional groups attached to an aromatic ring is 1. The van der Waals surface area contributed by atoms with Crippen molar-refractivity contribution < 1.29 is 8.42 Å². The third kappa shape index (κ3) is 2.13. The van der Waals surface area contributed by atoms with Crippen LogP contribution in [0.3, 0.4) is 0 Å². The van der Waals surface area contributed by atoms with E-state index >= 15 is 0 Å². The summed E-state index contributed by atoms with van der Waals surface area (Å²) in [5.74, 6) is 0.347. The Morgan fingerprint density at radius 2 is 2.06 bits per heavy atom. The van der Waals surface area contributed by atoms with Crippen molar-refractivity contribution in [2.45, 2.75) is 0 Å². The summed E-state index contributed by atoms with van der Waals surface area (Å²) in [5, 5.41) is 9.66. The van der Waals surface area contributed by atoms with Crippen LogP contribution in [-0.2, 0) is 9.84 Å². The van der Waals surface area contributed by atoms with Crippen LogP contribution in [0.15, 0.2) is 6.07 Å². The van der Waals surface area contributed by atoms with Gasteiger partial charge in [0.25, 0.3) is 0 Å². The van der Waals surface area contributed by atoms with Gasteiger partial charge in [0, 0.05) is 13.1 Å². The number of anilines is 2. The van der Waals surface area contributed by atoms with E-state index in [1.165, 1.54) is 11.3 Å². The molecule has 1 aliphatic heterocycles. The molecule has 2 rings (SSSR count). The van der Waals surface area contributed by atoms with Crippen LogP contribution >= 0.6 is 11.3 Å². The van der Waals surface area contributed by atoms with Gasteiger partial charge in [-0.2, -0.15) is 5.26 Å². The molecular formula is C9H11N3O2S2. The summed E-state index contributed by atoms with van der Waals surface area (Å²) in [4.78, 5) is 2.45. The monoisotopic (exact) mass is 257 g/mol. The smallest absolute Gasteiger partial charge is 0.153 e. The summed E-state index contributed by atoms with van der Waals surface area (Å²) in [7, 11) is -2.87. The maximum Gasteiger partial charge on any atom is 0.153 e. The van der Waals surface area contributed by atoms with Gasteiger partial charge in [0.15, 0.2) is 9.84 Å². The third-order valence-corrected chi connectivity index (χ3v) is 5.23. The highest BCUT2D eigenvalue weighted by Crippen LogP contribution is 2.32. The highest BCUT2D eigenvalue weighted by atomic mass is 32.2. The first-order valence-corrected chi connectivity index (χ1v) is 7.40. The molecule has 0 saturated carbocycles. The van der Waals surface area contributed by atoms with Crippen molar-refractivity contribution in [2.75, 3.05) is 35.2 Å². The first kappa shape index (κ1) is 11.2. The zero-order chi connectivity index (χ0) is 11.8. The Balaban J connectivity index is 2.18. The molecule has 2 N–H and O–H groups in total. The Morgan fingerprint density at radius 3 is 2.56 bits per heavy atom. The highest BCUT2D eigenvalue weighted by Gasteiger charge is 2.23. The second-order valence-corrected chi connectivity index (χ2v) is 6.95. The minimum atomic E-state index is -2.87. The quantitative estimate of drug-likeness (QED) is 0.788. The summed E-state index contributed by atoms with van der Waals surface area (Å²) in [6.07, 6.45) is 0. The van der Waals surface area contributed by atoms with Gasteiger partial charge in [-0.3, -0.25) is 0 Å². The molecule has 0 bridgehead atoms. The van der Waals surface area contributed by atoms with Crippen molar-refractivity contribution in [3.8, 4) is 6.07 Å². The van der Waals surface area contributed by atoms with Crippen LogP contribution in [0.5, 0.6) is 0 Å². The first-order chi connectivity index (χ1) is 7.52. The Morgan fingerprint density at radius 1 is 1.44 bits per heavy atom. The number of sulfone groups is 1. The van der Waals surface area contributed by atoms with E-state index in [-0.39, 0.29) is 11.5 Å². The van der Waals surface area contributed by atoms with Crippen molar-refractivity contribution in [1.29, 1.82) is 5.26 Å². The largest absolute Gasteiger partial charge is 0.397 e. The zero-order valence-corrected chi connectivity index (χ0v) is 10.1. The van der Waals surface area contributed by atoms with Gasteiger partial charge in [0.1, 0.15) is 10.9 Å². The van der Waals surface area contributed by atoms with E-state index < -0.39 is 9.84 Å². The van der Waals surface area contributed by atoms with Gasteiger partial charge >= 0.3 is 0 Å². The molecule has 2 heterocycles. The van der Waals surface area contributed by atoms with E-state index in [2.05, 4.69) is 0 Å². The molecule has 0 aliphatic carbocycles. The molecule has 0 amide bonds. The van der Waals surface area contributed by atoms with Crippen LogP contribution in [0.4, 0.5) is 10.7 Å². The number of rotatable bonds is 1. The summed E-state index contributed by atoms with van der Waals surface area (Å²) in [5.41, 5.74) is 6.12. The van der Waals surface area contributed by atoms with E-state index in [1.54, 1.807) is 6.07 Å². The second-order valence-electron chi connectivity index (χ2n) is 3.62. The van der Waals surface area contributed by atoms with E-state index in [1.807, 2.05) is 11.0 Å². The molecule has 0 spiro atoms. The van der Waals surface area contributed by atoms with Crippen molar-refractivity contribution in [3.05, 3.63) is 10.9 Å². The SMILES string of the molecule is N#Cc1sc(N2CCS(=O)(=O)CC2)cc1N. The summed E-state index contributed by atoms with van der Waals surface area (Å²) in [6, 6.07) is 3.76. The number of nitriles is 1. The van der Waals surface area contributed by atoms with Crippen molar-refractivity contribution in [1.82, 2.24) is 0 Å². The third-order valence-electron chi connectivity index (χ3n) is 2.51. The van der Waals surface area contributed by atoms with E-state index in [0.717, 1.165) is 5.00 Å². The standard InChI is InChI=1S/C9H11N3O2S2/c10-6-8-7(11)5-9(15-8)12-1-3-16(13,14)4-2-12/h5H,1-4,11H2. The molecule has 1 aromatic heterocycles. The maximum absolute atomic E-state index is 11.3. The van der Waals surface area contributed by atoms with Gasteiger partial charge in [-0.25, -0.2) is 8.42 Å². The van der Waals surface area contributed by atoms with Crippen molar-refractivity contribution >= 4 is 31.9 Å². The van der Waals surface area contributed by atoms with E-state index in [0.29, 0.717) is 23.7 Å². The highest BCUT2D eigenvalue weighted by molar-refractivity contribution is 7.91. The average molecular weight is 257 g/mol. The minimum absolute atomic E-state index is 0.173. The molecule has 5 nitrogen and oxygen atoms in total. The Bertz CT molecular complexity index is 528. The molecule has 0 aromatic carbocycles. The topological polar surface area (TPSA) is 87.2 Å². The number of nitrogens with zero attached hydrogens (tertiary/aromatic N) is 2. The first-order valence-electron chi connectivity index (χ1n) is 4.76. The summed E-state index contributed by atoms with van der Waals surface area (Å²) >= 11 is 1.31. The molecule has 0 radical (unpaired) electrons. The van der Waals surface area contributed by atoms with Gasteiger partial charge in [-0.05, 0) is 6.07 Å². The number of thiophene rings is 1. The van der Waals surface area contributed by atoms with Gasteiger partial charge in [-0.15, -0.1) is 11.3 Å². The fourth-order valence-corrected chi connectivity index (χ4v) is 3.70. The normalized spacial score (nSPS) is 19.3. The summed E-state index contributed by atoms with van der Waals surface area (Å²) < 4.78 is 22.5. The molecule has 0 atom stereocenters. The maximum atomic E-state index is 11.3. The Kier molecular flexibility index (Phi) is 2.78. The molecule has 16 heavy (non-hydrogen) atoms. The zero-order valence-electron chi connectivity index (χ0n) is 8.51. The van der Waals surface area contributed by atoms with Gasteiger partial charge in [0.2, 0.25) is 0 Å². The number of nitrogens with two attached hydrogens (primary N) is 1. The van der Waals surface area contributed by atoms with Crippen LogP contribution in [0.2, 0.25) is 0 Å². The average Bonchev–Trinajstić information content (AvgIpc) is 2.59. The van der Waals surface area contributed by atoms with Crippen LogP contribution < -0.4 is 10.6 Å². The molecule has 0 unspecified atom stereocenters. The minimum Gasteiger partial charge on any atom is -0.397 e. The lowest BCUT2D eigenvalue weighted by molar-refractivity contribution is 0.587. The lowest BCUT2D eigenvalue weighted by Gasteiger charge is -2.26. The van der Waals surface area contributed by atoms with Crippen LogP contribution in [0.1, 0.15) is 4.88 Å². The molecular weight excluding hydrogens is 246 g/mol. The second kappa shape index (κ2) is 3.96. The van der Waals surface area contributed by atoms with E-state index in [9.17, 15) is 8.42 Å². The van der Waals surface area contributed by atoms with Crippen LogP contribution in [0, 0.1) is 11.3 Å². The van der Waals surface area contributed by atoms with Crippen molar-refractivity contribution in [2.24, 2.45) is 0 Å². The molecule has 86 valence electrons. The van der Waals surface area contributed by atoms with Gasteiger partial charge in [0.05, 0.1) is 22.2 Å². The van der Waals surface area contributed by atoms with Gasteiger partial charge in [-0.1, -0.05) is 0 Å².